The van der Waals surface area contributed by atoms with E-state index in [2.05, 4.69) is 4.74 Å². The lowest BCUT2D eigenvalue weighted by Gasteiger charge is -2.61. The number of carbonyl (C=O) groups is 2. The van der Waals surface area contributed by atoms with E-state index < -0.39 is 51.2 Å². The van der Waals surface area contributed by atoms with Crippen molar-refractivity contribution in [3.8, 4) is 0 Å². The highest BCUT2D eigenvalue weighted by molar-refractivity contribution is 7.87. The van der Waals surface area contributed by atoms with Crippen LogP contribution in [0.15, 0.2) is 0 Å². The molecular weight excluding hydrogens is 458 g/mol. The minimum absolute atomic E-state index is 0.143. The Kier molecular flexibility index (Phi) is 6.25. The second kappa shape index (κ2) is 8.42. The molecule has 4 saturated carbocycles. The van der Waals surface area contributed by atoms with Gasteiger partial charge < -0.3 is 23.7 Å². The highest BCUT2D eigenvalue weighted by atomic mass is 32.2. The molecule has 10 nitrogen and oxygen atoms in total. The van der Waals surface area contributed by atoms with Gasteiger partial charge in [0.05, 0.1) is 25.4 Å². The Morgan fingerprint density at radius 2 is 1.81 bits per heavy atom. The molecule has 32 heavy (non-hydrogen) atoms. The second-order valence-corrected chi connectivity index (χ2v) is 10.8. The zero-order valence-corrected chi connectivity index (χ0v) is 18.1. The van der Waals surface area contributed by atoms with E-state index in [0.717, 1.165) is 6.42 Å². The van der Waals surface area contributed by atoms with E-state index in [1.54, 1.807) is 0 Å². The van der Waals surface area contributed by atoms with Crippen molar-refractivity contribution in [2.45, 2.75) is 55.7 Å². The molecule has 1 N–H and O–H groups in total. The summed E-state index contributed by atoms with van der Waals surface area (Å²) in [5.74, 6) is -2.49. The Balaban J connectivity index is 1.37. The smallest absolute Gasteiger partial charge is 0.460 e. The number of halogens is 2. The van der Waals surface area contributed by atoms with E-state index in [4.69, 9.17) is 23.5 Å². The van der Waals surface area contributed by atoms with Crippen molar-refractivity contribution in [3.63, 3.8) is 0 Å². The quantitative estimate of drug-likeness (QED) is 0.396. The minimum Gasteiger partial charge on any atom is -0.460 e. The number of hydrogen-bond acceptors (Lipinski definition) is 9. The van der Waals surface area contributed by atoms with Crippen molar-refractivity contribution in [2.75, 3.05) is 33.0 Å². The van der Waals surface area contributed by atoms with Gasteiger partial charge in [-0.15, -0.1) is 0 Å². The van der Waals surface area contributed by atoms with E-state index in [9.17, 15) is 26.8 Å². The maximum absolute atomic E-state index is 13.6. The van der Waals surface area contributed by atoms with E-state index in [-0.39, 0.29) is 25.0 Å². The van der Waals surface area contributed by atoms with Crippen LogP contribution >= 0.6 is 0 Å². The maximum Gasteiger partial charge on any atom is 0.465 e. The molecule has 4 bridgehead atoms. The third-order valence-electron chi connectivity index (χ3n) is 6.74. The SMILES string of the molecule is O=C(COC12CC3CC(CC(COC(=O)C(F)(F)S(=O)(=O)O)(C3)C1)C2)OC1COCCO1. The average Bonchev–Trinajstić information content (AvgIpc) is 2.69. The molecule has 5 aliphatic rings. The molecule has 0 amide bonds. The van der Waals surface area contributed by atoms with Gasteiger partial charge in [0.15, 0.2) is 0 Å². The number of rotatable bonds is 8. The van der Waals surface area contributed by atoms with Gasteiger partial charge in [-0.05, 0) is 50.4 Å². The Morgan fingerprint density at radius 1 is 1.12 bits per heavy atom. The van der Waals surface area contributed by atoms with Crippen molar-refractivity contribution in [2.24, 2.45) is 17.3 Å². The molecule has 0 aromatic rings. The van der Waals surface area contributed by atoms with Crippen molar-refractivity contribution in [1.29, 1.82) is 0 Å². The molecule has 5 fully saturated rings. The third kappa shape index (κ3) is 4.76. The second-order valence-electron chi connectivity index (χ2n) is 9.37. The summed E-state index contributed by atoms with van der Waals surface area (Å²) in [7, 11) is -5.93. The predicted molar refractivity (Wildman–Crippen MR) is 99.9 cm³/mol. The lowest BCUT2D eigenvalue weighted by atomic mass is 9.48. The molecule has 0 aromatic carbocycles. The first-order valence-electron chi connectivity index (χ1n) is 10.5. The number of hydrogen-bond donors (Lipinski definition) is 1. The third-order valence-corrected chi connectivity index (χ3v) is 7.56. The molecule has 1 saturated heterocycles. The molecule has 5 rings (SSSR count). The number of carbonyl (C=O) groups excluding carboxylic acids is 2. The standard InChI is InChI=1S/C19H26F2O10S/c20-19(21,32(24,25)26)16(23)29-11-17-4-12-3-13(5-17)7-18(6-12,10-17)30-8-14(22)31-15-9-27-1-2-28-15/h12-13,15H,1-11H2,(H,24,25,26). The summed E-state index contributed by atoms with van der Waals surface area (Å²) in [6.07, 6.45) is 3.15. The first kappa shape index (κ1) is 23.7. The van der Waals surface area contributed by atoms with Crippen LogP contribution in [0.25, 0.3) is 0 Å². The monoisotopic (exact) mass is 484 g/mol. The minimum atomic E-state index is -5.93. The molecule has 0 radical (unpaired) electrons. The summed E-state index contributed by atoms with van der Waals surface area (Å²) in [6, 6.07) is 0. The van der Waals surface area contributed by atoms with Gasteiger partial charge >= 0.3 is 27.3 Å². The molecule has 0 aromatic heterocycles. The summed E-state index contributed by atoms with van der Waals surface area (Å²) < 4.78 is 83.6. The zero-order chi connectivity index (χ0) is 23.2. The van der Waals surface area contributed by atoms with Gasteiger partial charge in [0.1, 0.15) is 13.2 Å². The average molecular weight is 484 g/mol. The number of alkyl halides is 2. The summed E-state index contributed by atoms with van der Waals surface area (Å²) >= 11 is 0. The molecule has 4 aliphatic carbocycles. The summed E-state index contributed by atoms with van der Waals surface area (Å²) in [6.45, 7) is 0.176. The highest BCUT2D eigenvalue weighted by Crippen LogP contribution is 2.62. The van der Waals surface area contributed by atoms with Gasteiger partial charge in [-0.25, -0.2) is 9.59 Å². The Labute approximate surface area is 183 Å². The van der Waals surface area contributed by atoms with E-state index in [0.29, 0.717) is 45.3 Å². The lowest BCUT2D eigenvalue weighted by Crippen LogP contribution is -2.59. The van der Waals surface area contributed by atoms with Crippen molar-refractivity contribution in [3.05, 3.63) is 0 Å². The lowest BCUT2D eigenvalue weighted by molar-refractivity contribution is -0.232. The van der Waals surface area contributed by atoms with Crippen LogP contribution in [-0.2, 0) is 43.4 Å². The summed E-state index contributed by atoms with van der Waals surface area (Å²) in [4.78, 5) is 23.9. The van der Waals surface area contributed by atoms with Gasteiger partial charge in [0.25, 0.3) is 0 Å². The fourth-order valence-corrected chi connectivity index (χ4v) is 6.31. The van der Waals surface area contributed by atoms with Gasteiger partial charge in [0.2, 0.25) is 6.29 Å². The van der Waals surface area contributed by atoms with Gasteiger partial charge in [-0.1, -0.05) is 0 Å². The highest BCUT2D eigenvalue weighted by Gasteiger charge is 2.60. The summed E-state index contributed by atoms with van der Waals surface area (Å²) in [5.41, 5.74) is -1.33. The van der Waals surface area contributed by atoms with Crippen LogP contribution in [0.5, 0.6) is 0 Å². The van der Waals surface area contributed by atoms with Crippen molar-refractivity contribution in [1.82, 2.24) is 0 Å². The largest absolute Gasteiger partial charge is 0.465 e. The van der Waals surface area contributed by atoms with Crippen LogP contribution in [0, 0.1) is 17.3 Å². The van der Waals surface area contributed by atoms with Gasteiger partial charge in [0, 0.05) is 5.41 Å². The molecule has 0 spiro atoms. The van der Waals surface area contributed by atoms with Crippen LogP contribution in [0.3, 0.4) is 0 Å². The van der Waals surface area contributed by atoms with Crippen LogP contribution < -0.4 is 0 Å². The molecule has 13 heteroatoms. The number of ether oxygens (including phenoxy) is 5. The molecule has 3 unspecified atom stereocenters. The van der Waals surface area contributed by atoms with Gasteiger partial charge in [-0.3, -0.25) is 4.55 Å². The predicted octanol–water partition coefficient (Wildman–Crippen LogP) is 1.28. The first-order chi connectivity index (χ1) is 14.9. The molecule has 1 heterocycles. The number of esters is 2. The van der Waals surface area contributed by atoms with Gasteiger partial charge in [-0.2, -0.15) is 17.2 Å². The Bertz CT molecular complexity index is 840. The van der Waals surface area contributed by atoms with Crippen molar-refractivity contribution < 1.29 is 55.0 Å². The normalized spacial score (nSPS) is 36.7. The molecular formula is C19H26F2O10S. The fourth-order valence-electron chi connectivity index (χ4n) is 6.04. The fraction of sp³-hybridized carbons (Fsp3) is 0.895. The summed E-state index contributed by atoms with van der Waals surface area (Å²) in [5, 5.41) is -5.03. The van der Waals surface area contributed by atoms with E-state index >= 15 is 0 Å². The first-order valence-corrected chi connectivity index (χ1v) is 11.9. The molecule has 182 valence electrons. The Morgan fingerprint density at radius 3 is 2.41 bits per heavy atom. The maximum atomic E-state index is 13.6. The molecule has 3 atom stereocenters. The van der Waals surface area contributed by atoms with Crippen LogP contribution in [0.2, 0.25) is 0 Å². The van der Waals surface area contributed by atoms with Crippen LogP contribution in [0.4, 0.5) is 8.78 Å². The molecule has 1 aliphatic heterocycles. The van der Waals surface area contributed by atoms with Crippen LogP contribution in [-0.4, -0.2) is 75.1 Å². The van der Waals surface area contributed by atoms with Crippen molar-refractivity contribution >= 4 is 22.1 Å². The van der Waals surface area contributed by atoms with Crippen LogP contribution in [0.1, 0.15) is 38.5 Å². The zero-order valence-electron chi connectivity index (χ0n) is 17.3. The van der Waals surface area contributed by atoms with E-state index in [1.807, 2.05) is 0 Å². The van der Waals surface area contributed by atoms with E-state index in [1.165, 1.54) is 0 Å². The topological polar surface area (TPSA) is 135 Å². The Hall–Kier alpha value is -1.41.